The van der Waals surface area contributed by atoms with Crippen LogP contribution in [0.3, 0.4) is 0 Å². The Morgan fingerprint density at radius 2 is 2.05 bits per heavy atom. The van der Waals surface area contributed by atoms with Crippen molar-refractivity contribution in [1.29, 1.82) is 0 Å². The van der Waals surface area contributed by atoms with Crippen molar-refractivity contribution in [2.45, 2.75) is 52.4 Å². The van der Waals surface area contributed by atoms with Gasteiger partial charge < -0.3 is 15.2 Å². The summed E-state index contributed by atoms with van der Waals surface area (Å²) in [5.74, 6) is -0.344. The first-order chi connectivity index (χ1) is 9.51. The highest BCUT2D eigenvalue weighted by atomic mass is 19.1. The molecule has 1 rings (SSSR count). The van der Waals surface area contributed by atoms with Crippen molar-refractivity contribution >= 4 is 5.91 Å². The highest BCUT2D eigenvalue weighted by Crippen LogP contribution is 2.21. The Morgan fingerprint density at radius 3 is 2.60 bits per heavy atom. The minimum absolute atomic E-state index is 0.124. The molecule has 1 amide bonds. The standard InChI is InChI=1S/C15H22FNO3/c1-4-13(5-2)17-15(19)10(3)20-14-7-6-12(16)8-11(14)9-18/h6-8,10,13,18H,4-5,9H2,1-3H3,(H,17,19). The van der Waals surface area contributed by atoms with Gasteiger partial charge in [-0.25, -0.2) is 4.39 Å². The van der Waals surface area contributed by atoms with E-state index < -0.39 is 11.9 Å². The van der Waals surface area contributed by atoms with Gasteiger partial charge >= 0.3 is 0 Å². The fraction of sp³-hybridized carbons (Fsp3) is 0.533. The van der Waals surface area contributed by atoms with E-state index in [1.54, 1.807) is 6.92 Å². The first-order valence-corrected chi connectivity index (χ1v) is 6.88. The molecule has 0 heterocycles. The minimum Gasteiger partial charge on any atom is -0.481 e. The number of amides is 1. The van der Waals surface area contributed by atoms with Crippen LogP contribution in [0, 0.1) is 5.82 Å². The monoisotopic (exact) mass is 283 g/mol. The predicted molar refractivity (Wildman–Crippen MR) is 74.9 cm³/mol. The van der Waals surface area contributed by atoms with Gasteiger partial charge in [-0.1, -0.05) is 13.8 Å². The smallest absolute Gasteiger partial charge is 0.260 e. The summed E-state index contributed by atoms with van der Waals surface area (Å²) >= 11 is 0. The van der Waals surface area contributed by atoms with Crippen LogP contribution >= 0.6 is 0 Å². The number of aliphatic hydroxyl groups excluding tert-OH is 1. The van der Waals surface area contributed by atoms with Gasteiger partial charge in [-0.3, -0.25) is 4.79 Å². The van der Waals surface area contributed by atoms with E-state index >= 15 is 0 Å². The summed E-state index contributed by atoms with van der Waals surface area (Å²) in [4.78, 5) is 12.0. The zero-order valence-corrected chi connectivity index (χ0v) is 12.1. The molecule has 1 aromatic rings. The van der Waals surface area contributed by atoms with Crippen molar-refractivity contribution in [3.8, 4) is 5.75 Å². The topological polar surface area (TPSA) is 58.6 Å². The average molecular weight is 283 g/mol. The second-order valence-electron chi connectivity index (χ2n) is 4.69. The first kappa shape index (κ1) is 16.4. The van der Waals surface area contributed by atoms with E-state index in [0.717, 1.165) is 12.8 Å². The molecule has 0 aliphatic heterocycles. The van der Waals surface area contributed by atoms with Gasteiger partial charge in [0.05, 0.1) is 6.61 Å². The summed E-state index contributed by atoms with van der Waals surface area (Å²) in [6.45, 7) is 5.30. The molecule has 1 atom stereocenters. The summed E-state index contributed by atoms with van der Waals surface area (Å²) in [5.41, 5.74) is 0.326. The van der Waals surface area contributed by atoms with Gasteiger partial charge in [-0.15, -0.1) is 0 Å². The molecule has 0 aliphatic carbocycles. The summed E-state index contributed by atoms with van der Waals surface area (Å²) in [5, 5.41) is 12.1. The molecule has 1 unspecified atom stereocenters. The van der Waals surface area contributed by atoms with E-state index in [1.165, 1.54) is 18.2 Å². The van der Waals surface area contributed by atoms with Crippen LogP contribution in [0.25, 0.3) is 0 Å². The second-order valence-corrected chi connectivity index (χ2v) is 4.69. The molecule has 0 aliphatic rings. The Balaban J connectivity index is 2.70. The zero-order valence-electron chi connectivity index (χ0n) is 12.1. The Labute approximate surface area is 119 Å². The largest absolute Gasteiger partial charge is 0.481 e. The molecular formula is C15H22FNO3. The number of carbonyl (C=O) groups excluding carboxylic acids is 1. The van der Waals surface area contributed by atoms with Crippen molar-refractivity contribution in [1.82, 2.24) is 5.32 Å². The molecule has 0 aromatic heterocycles. The third-order valence-electron chi connectivity index (χ3n) is 3.20. The molecule has 5 heteroatoms. The molecule has 1 aromatic carbocycles. The van der Waals surface area contributed by atoms with Gasteiger partial charge in [0.25, 0.3) is 5.91 Å². The van der Waals surface area contributed by atoms with E-state index in [4.69, 9.17) is 9.84 Å². The number of halogens is 1. The molecule has 0 spiro atoms. The van der Waals surface area contributed by atoms with Crippen molar-refractivity contribution < 1.29 is 19.0 Å². The molecule has 112 valence electrons. The van der Waals surface area contributed by atoms with E-state index in [0.29, 0.717) is 11.3 Å². The number of hydrogen-bond acceptors (Lipinski definition) is 3. The summed E-state index contributed by atoms with van der Waals surface area (Å²) in [7, 11) is 0. The van der Waals surface area contributed by atoms with Crippen LogP contribution < -0.4 is 10.1 Å². The second kappa shape index (κ2) is 7.85. The van der Waals surface area contributed by atoms with E-state index in [1.807, 2.05) is 13.8 Å². The SMILES string of the molecule is CCC(CC)NC(=O)C(C)Oc1ccc(F)cc1CO. The number of ether oxygens (including phenoxy) is 1. The van der Waals surface area contributed by atoms with E-state index in [2.05, 4.69) is 5.32 Å². The molecule has 4 nitrogen and oxygen atoms in total. The zero-order chi connectivity index (χ0) is 15.1. The molecule has 0 saturated carbocycles. The lowest BCUT2D eigenvalue weighted by atomic mass is 10.1. The average Bonchev–Trinajstić information content (AvgIpc) is 2.45. The highest BCUT2D eigenvalue weighted by Gasteiger charge is 2.18. The first-order valence-electron chi connectivity index (χ1n) is 6.88. The third-order valence-corrected chi connectivity index (χ3v) is 3.20. The Bertz CT molecular complexity index is 447. The van der Waals surface area contributed by atoms with Crippen LogP contribution in [-0.4, -0.2) is 23.2 Å². The van der Waals surface area contributed by atoms with Gasteiger partial charge in [0, 0.05) is 11.6 Å². The molecular weight excluding hydrogens is 261 g/mol. The molecule has 0 radical (unpaired) electrons. The van der Waals surface area contributed by atoms with Gasteiger partial charge in [0.15, 0.2) is 6.10 Å². The molecule has 20 heavy (non-hydrogen) atoms. The molecule has 0 fully saturated rings. The maximum Gasteiger partial charge on any atom is 0.260 e. The van der Waals surface area contributed by atoms with Crippen LogP contribution in [0.15, 0.2) is 18.2 Å². The molecule has 0 bridgehead atoms. The number of aliphatic hydroxyl groups is 1. The van der Waals surface area contributed by atoms with Crippen LogP contribution in [0.5, 0.6) is 5.75 Å². The molecule has 2 N–H and O–H groups in total. The number of carbonyl (C=O) groups is 1. The Morgan fingerprint density at radius 1 is 1.40 bits per heavy atom. The number of benzene rings is 1. The van der Waals surface area contributed by atoms with Crippen LogP contribution in [0.1, 0.15) is 39.2 Å². The Kier molecular flexibility index (Phi) is 6.45. The van der Waals surface area contributed by atoms with Crippen LogP contribution in [0.4, 0.5) is 4.39 Å². The normalized spacial score (nSPS) is 12.3. The van der Waals surface area contributed by atoms with E-state index in [-0.39, 0.29) is 18.6 Å². The van der Waals surface area contributed by atoms with Crippen LogP contribution in [0.2, 0.25) is 0 Å². The van der Waals surface area contributed by atoms with Crippen molar-refractivity contribution in [2.75, 3.05) is 0 Å². The number of rotatable bonds is 7. The van der Waals surface area contributed by atoms with Gasteiger partial charge in [0.2, 0.25) is 0 Å². The maximum absolute atomic E-state index is 13.0. The lowest BCUT2D eigenvalue weighted by Gasteiger charge is -2.20. The fourth-order valence-electron chi connectivity index (χ4n) is 1.84. The lowest BCUT2D eigenvalue weighted by molar-refractivity contribution is -0.128. The Hall–Kier alpha value is -1.62. The van der Waals surface area contributed by atoms with Crippen molar-refractivity contribution in [3.05, 3.63) is 29.6 Å². The van der Waals surface area contributed by atoms with Crippen LogP contribution in [-0.2, 0) is 11.4 Å². The summed E-state index contributed by atoms with van der Waals surface area (Å²) < 4.78 is 18.6. The van der Waals surface area contributed by atoms with E-state index in [9.17, 15) is 9.18 Å². The predicted octanol–water partition coefficient (Wildman–Crippen LogP) is 2.39. The van der Waals surface area contributed by atoms with Gasteiger partial charge in [-0.05, 0) is 38.0 Å². The maximum atomic E-state index is 13.0. The van der Waals surface area contributed by atoms with Gasteiger partial charge in [-0.2, -0.15) is 0 Å². The quantitative estimate of drug-likeness (QED) is 0.808. The van der Waals surface area contributed by atoms with Crippen molar-refractivity contribution in [2.24, 2.45) is 0 Å². The lowest BCUT2D eigenvalue weighted by Crippen LogP contribution is -2.42. The molecule has 0 saturated heterocycles. The van der Waals surface area contributed by atoms with Gasteiger partial charge in [0.1, 0.15) is 11.6 Å². The summed E-state index contributed by atoms with van der Waals surface area (Å²) in [6.07, 6.45) is 1.01. The van der Waals surface area contributed by atoms with Crippen molar-refractivity contribution in [3.63, 3.8) is 0 Å². The minimum atomic E-state index is -0.702. The highest BCUT2D eigenvalue weighted by molar-refractivity contribution is 5.81. The summed E-state index contributed by atoms with van der Waals surface area (Å²) in [6, 6.07) is 3.97. The number of nitrogens with one attached hydrogen (secondary N) is 1. The number of hydrogen-bond donors (Lipinski definition) is 2. The fourth-order valence-corrected chi connectivity index (χ4v) is 1.84. The third kappa shape index (κ3) is 4.49.